The molecule has 6 N–H and O–H groups in total. The molecule has 0 amide bonds. The largest absolute Gasteiger partial charge is 0.390 e. The molecule has 0 aromatic heterocycles. The number of hydrogen-bond acceptors (Lipinski definition) is 10. The Morgan fingerprint density at radius 3 is 0.883 bits per heavy atom. The number of fused-ring (bicyclic) bond motifs is 15. The van der Waals surface area contributed by atoms with Crippen LogP contribution in [0.15, 0.2) is 108 Å². The molecule has 3 aromatic rings. The van der Waals surface area contributed by atoms with E-state index in [-0.39, 0.29) is 28.4 Å². The van der Waals surface area contributed by atoms with E-state index < -0.39 is 35.1 Å². The Hall–Kier alpha value is -4.61. The minimum atomic E-state index is -0.557. The van der Waals surface area contributed by atoms with E-state index >= 15 is 0 Å². The van der Waals surface area contributed by atoms with E-state index in [0.717, 1.165) is 203 Å². The highest BCUT2D eigenvalue weighted by Crippen LogP contribution is 2.72. The summed E-state index contributed by atoms with van der Waals surface area (Å²) in [6.07, 6.45) is 43.8. The van der Waals surface area contributed by atoms with Gasteiger partial charge in [0.1, 0.15) is 0 Å². The minimum absolute atomic E-state index is 0.250. The number of nitriles is 3. The number of aliphatic hydroxyl groups is 6. The van der Waals surface area contributed by atoms with E-state index in [2.05, 4.69) is 120 Å². The van der Waals surface area contributed by atoms with Gasteiger partial charge >= 0.3 is 0 Å². The maximum absolute atomic E-state index is 11.0. The number of halogens is 1. The zero-order chi connectivity index (χ0) is 79.9. The normalized spacial score (nSPS) is 40.4. The van der Waals surface area contributed by atoms with Gasteiger partial charge in [-0.3, -0.25) is 0 Å². The van der Waals surface area contributed by atoms with Crippen molar-refractivity contribution in [3.05, 3.63) is 141 Å². The van der Waals surface area contributed by atoms with Crippen molar-refractivity contribution < 1.29 is 34.5 Å². The highest BCUT2D eigenvalue weighted by molar-refractivity contribution is 7.93. The summed E-state index contributed by atoms with van der Waals surface area (Å²) in [6.45, 7) is 29.1. The molecule has 12 aliphatic rings. The molecule has 0 heterocycles. The van der Waals surface area contributed by atoms with Crippen molar-refractivity contribution in [1.82, 2.24) is 0 Å². The summed E-state index contributed by atoms with van der Waals surface area (Å²) in [5, 5.41) is 94.1. The molecule has 11 heteroatoms. The summed E-state index contributed by atoms with van der Waals surface area (Å²) >= 11 is 0.250. The Bertz CT molecular complexity index is 3550. The zero-order valence-corrected chi connectivity index (χ0v) is 71.5. The topological polar surface area (TPSA) is 193 Å². The van der Waals surface area contributed by atoms with Crippen LogP contribution in [0.2, 0.25) is 0 Å². The number of aliphatic hydroxyl groups excluding tert-OH is 3. The minimum Gasteiger partial charge on any atom is -0.390 e. The summed E-state index contributed by atoms with van der Waals surface area (Å²) in [7, 11) is 0. The molecule has 12 aliphatic carbocycles. The van der Waals surface area contributed by atoms with Gasteiger partial charge in [0.25, 0.3) is 0 Å². The zero-order valence-electron chi connectivity index (χ0n) is 70.7. The molecular weight excluding hydrogens is 1390 g/mol. The second-order valence-electron chi connectivity index (χ2n) is 40.7. The Labute approximate surface area is 675 Å². The van der Waals surface area contributed by atoms with Gasteiger partial charge in [-0.25, -0.2) is 0 Å². The molecule has 111 heavy (non-hydrogen) atoms. The molecule has 3 aromatic carbocycles. The SMILES string of the molecule is CC[C@]1(O)CC[C@@]2(C)C(=CC[C@H]3[C@@H]4CC[C@H]([C@H](C)CCC(O)c5ccccc5C#N)[C@@]4(C)CC[C@@H]32)C1.CC[C@]1(O)CC[C@@]2(C)C(=CC[C@H]3[C@@H]4CC[C@H]([C@H](C)CC[C@@H](O)c5ccccc5C#N)[C@@]4(C)CC[C@@H]32)C1.CC[C@]1(O)CC[C@@]2(C)C(=CC[C@H]3[C@@H]4CC[C@H]([C@H](C)CC[C@H](O)c5ccccc5C#N)[C@@]4(C)CC[C@@H]32)C1.CSF. The monoisotopic (exact) mass is 1530 g/mol. The van der Waals surface area contributed by atoms with Crippen molar-refractivity contribution in [3.8, 4) is 18.2 Å². The van der Waals surface area contributed by atoms with Gasteiger partial charge in [-0.1, -0.05) is 173 Å². The number of allylic oxidation sites excluding steroid dienone is 3. The van der Waals surface area contributed by atoms with E-state index in [1.54, 1.807) is 16.7 Å². The van der Waals surface area contributed by atoms with Crippen LogP contribution >= 0.6 is 12.1 Å². The van der Waals surface area contributed by atoms with Crippen LogP contribution < -0.4 is 0 Å². The lowest BCUT2D eigenvalue weighted by Crippen LogP contribution is -2.52. The van der Waals surface area contributed by atoms with Crippen molar-refractivity contribution >= 4 is 12.1 Å². The summed E-state index contributed by atoms with van der Waals surface area (Å²) in [5.41, 5.74) is 9.46. The van der Waals surface area contributed by atoms with Crippen LogP contribution in [0.3, 0.4) is 0 Å². The lowest BCUT2D eigenvalue weighted by Gasteiger charge is -2.59. The molecule has 15 rings (SSSR count). The van der Waals surface area contributed by atoms with Crippen LogP contribution in [0.5, 0.6) is 0 Å². The predicted molar refractivity (Wildman–Crippen MR) is 449 cm³/mol. The first-order valence-corrected chi connectivity index (χ1v) is 45.9. The van der Waals surface area contributed by atoms with E-state index in [0.29, 0.717) is 50.7 Å². The Morgan fingerprint density at radius 2 is 0.640 bits per heavy atom. The summed E-state index contributed by atoms with van der Waals surface area (Å²) < 4.78 is 10.2. The maximum atomic E-state index is 11.0. The molecule has 0 spiro atoms. The molecule has 1 unspecified atom stereocenters. The summed E-state index contributed by atoms with van der Waals surface area (Å²) in [5.74, 6) is 11.0. The lowest BCUT2D eigenvalue weighted by molar-refractivity contribution is -0.0757. The average Bonchev–Trinajstić information content (AvgIpc) is 1.71. The van der Waals surface area contributed by atoms with Gasteiger partial charge in [0.2, 0.25) is 0 Å². The molecule has 27 atom stereocenters. The highest BCUT2D eigenvalue weighted by Gasteiger charge is 2.64. The second-order valence-corrected chi connectivity index (χ2v) is 41.0. The van der Waals surface area contributed by atoms with Gasteiger partial charge in [0, 0.05) is 18.4 Å². The van der Waals surface area contributed by atoms with Crippen molar-refractivity contribution in [2.75, 3.05) is 6.26 Å². The number of nitrogens with zero attached hydrogens (tertiary/aromatic N) is 3. The third-order valence-corrected chi connectivity index (χ3v) is 36.0. The van der Waals surface area contributed by atoms with Crippen molar-refractivity contribution in [2.24, 2.45) is 121 Å². The molecule has 0 aliphatic heterocycles. The van der Waals surface area contributed by atoms with E-state index in [4.69, 9.17) is 0 Å². The molecule has 0 bridgehead atoms. The molecular formula is C100H144FN3O6S. The Morgan fingerprint density at radius 1 is 0.387 bits per heavy atom. The fraction of sp³-hybridized carbons (Fsp3) is 0.730. The summed E-state index contributed by atoms with van der Waals surface area (Å²) in [4.78, 5) is 0. The first-order valence-electron chi connectivity index (χ1n) is 44.8. The van der Waals surface area contributed by atoms with Crippen LogP contribution in [0.4, 0.5) is 3.89 Å². The highest BCUT2D eigenvalue weighted by atomic mass is 32.2. The van der Waals surface area contributed by atoms with Gasteiger partial charge in [-0.15, -0.1) is 0 Å². The van der Waals surface area contributed by atoms with Crippen LogP contribution in [-0.4, -0.2) is 53.7 Å². The van der Waals surface area contributed by atoms with Gasteiger partial charge in [0.15, 0.2) is 0 Å². The van der Waals surface area contributed by atoms with Gasteiger partial charge in [-0.05, 0) is 368 Å². The molecule has 9 nitrogen and oxygen atoms in total. The molecule has 9 fully saturated rings. The second kappa shape index (κ2) is 34.5. The number of rotatable bonds is 18. The number of hydrogen-bond donors (Lipinski definition) is 6. The van der Waals surface area contributed by atoms with Crippen molar-refractivity contribution in [2.45, 2.75) is 330 Å². The summed E-state index contributed by atoms with van der Waals surface area (Å²) in [6, 6.07) is 29.2. The van der Waals surface area contributed by atoms with Crippen LogP contribution in [0.25, 0.3) is 0 Å². The first kappa shape index (κ1) is 85.8. The van der Waals surface area contributed by atoms with Gasteiger partial charge in [-0.2, -0.15) is 19.7 Å². The molecule has 9 saturated carbocycles. The molecule has 0 saturated heterocycles. The third-order valence-electron chi connectivity index (χ3n) is 36.0. The average molecular weight is 1540 g/mol. The fourth-order valence-corrected chi connectivity index (χ4v) is 29.0. The van der Waals surface area contributed by atoms with E-state index in [1.165, 1.54) is 103 Å². The molecule has 608 valence electrons. The van der Waals surface area contributed by atoms with Crippen molar-refractivity contribution in [1.29, 1.82) is 15.8 Å². The van der Waals surface area contributed by atoms with Crippen molar-refractivity contribution in [3.63, 3.8) is 0 Å². The van der Waals surface area contributed by atoms with Crippen LogP contribution in [-0.2, 0) is 0 Å². The first-order chi connectivity index (χ1) is 52.9. The Kier molecular flexibility index (Phi) is 26.7. The standard InChI is InChI=1S/3C33H47NO2.CH3FS/c3*1-5-33(36)19-18-31(3)24(20-33)11-12-26-28-14-13-27(32(28,4)17-16-29(26)31)22(2)10-15-30(35)25-9-7-6-8-23(25)21-34;1-3-2/h3*6-9,11,22,26-30,35-36H,5,10,12-20H2,1-4H3;1H3/t22-,26+,27-,28+,29+,30?,31+,32-,33+;22-,26+,27-,28+,29+,30+,31+,32-,33+;22-,26+,27-,28+,29+,30-,31+,32-,33+;/m111./s1. The van der Waals surface area contributed by atoms with Crippen LogP contribution in [0, 0.1) is 155 Å². The molecule has 0 radical (unpaired) electrons. The fourth-order valence-electron chi connectivity index (χ4n) is 29.0. The number of benzene rings is 3. The maximum Gasteiger partial charge on any atom is 0.0995 e. The van der Waals surface area contributed by atoms with Crippen LogP contribution in [0.1, 0.15) is 347 Å². The Balaban J connectivity index is 0.000000152. The van der Waals surface area contributed by atoms with Gasteiger partial charge in [0.05, 0.1) is 70.0 Å². The van der Waals surface area contributed by atoms with Gasteiger partial charge < -0.3 is 30.6 Å². The smallest absolute Gasteiger partial charge is 0.0995 e. The predicted octanol–water partition coefficient (Wildman–Crippen LogP) is 24.4. The van der Waals surface area contributed by atoms with E-state index in [1.807, 2.05) is 72.8 Å². The quantitative estimate of drug-likeness (QED) is 0.0668. The third kappa shape index (κ3) is 16.4. The van der Waals surface area contributed by atoms with E-state index in [9.17, 15) is 50.3 Å². The lowest BCUT2D eigenvalue weighted by atomic mass is 9.46.